The second kappa shape index (κ2) is 7.15. The highest BCUT2D eigenvalue weighted by molar-refractivity contribution is 6.34. The molecule has 24 heavy (non-hydrogen) atoms. The van der Waals surface area contributed by atoms with Crippen LogP contribution in [0.5, 0.6) is 5.75 Å². The summed E-state index contributed by atoms with van der Waals surface area (Å²) < 4.78 is 10.8. The van der Waals surface area contributed by atoms with Gasteiger partial charge < -0.3 is 9.47 Å². The summed E-state index contributed by atoms with van der Waals surface area (Å²) in [5.74, 6) is 0.309. The van der Waals surface area contributed by atoms with Gasteiger partial charge in [0.2, 0.25) is 5.90 Å². The lowest BCUT2D eigenvalue weighted by Crippen LogP contribution is -2.05. The average Bonchev–Trinajstić information content (AvgIpc) is 2.95. The fraction of sp³-hybridized carbons (Fsp3) is 0.0526. The molecule has 1 aliphatic heterocycles. The molecule has 0 radical (unpaired) electrons. The van der Waals surface area contributed by atoms with Gasteiger partial charge in [0.1, 0.15) is 12.4 Å². The van der Waals surface area contributed by atoms with E-state index in [1.165, 1.54) is 0 Å². The first-order valence-electron chi connectivity index (χ1n) is 7.29. The van der Waals surface area contributed by atoms with Gasteiger partial charge in [-0.15, -0.1) is 0 Å². The van der Waals surface area contributed by atoms with Crippen LogP contribution < -0.4 is 4.74 Å². The second-order valence-electron chi connectivity index (χ2n) is 4.95. The fourth-order valence-electron chi connectivity index (χ4n) is 2.19. The molecule has 0 N–H and O–H groups in total. The number of nitrogens with zero attached hydrogens (tertiary/aromatic N) is 1. The summed E-state index contributed by atoms with van der Waals surface area (Å²) in [6.07, 6.45) is 3.28. The Morgan fingerprint density at radius 1 is 1.17 bits per heavy atom. The van der Waals surface area contributed by atoms with Crippen LogP contribution in [-0.2, 0) is 9.53 Å². The maximum atomic E-state index is 12.1. The van der Waals surface area contributed by atoms with E-state index in [0.717, 1.165) is 5.56 Å². The van der Waals surface area contributed by atoms with E-state index >= 15 is 0 Å². The van der Waals surface area contributed by atoms with Crippen LogP contribution in [0.3, 0.4) is 0 Å². The number of aliphatic imine (C=N–C) groups is 1. The molecule has 0 saturated heterocycles. The number of para-hydroxylation sites is 1. The molecule has 2 aromatic carbocycles. The minimum absolute atomic E-state index is 0.194. The summed E-state index contributed by atoms with van der Waals surface area (Å²) in [5.41, 5.74) is 1.50. The van der Waals surface area contributed by atoms with Crippen molar-refractivity contribution in [1.29, 1.82) is 0 Å². The molecule has 120 valence electrons. The van der Waals surface area contributed by atoms with Gasteiger partial charge in [0.25, 0.3) is 0 Å². The first-order chi connectivity index (χ1) is 11.7. The van der Waals surface area contributed by atoms with Crippen molar-refractivity contribution in [2.75, 3.05) is 6.61 Å². The van der Waals surface area contributed by atoms with Crippen molar-refractivity contribution in [3.05, 3.63) is 83.0 Å². The van der Waals surface area contributed by atoms with Gasteiger partial charge in [-0.25, -0.2) is 9.79 Å². The molecular formula is C19H14ClNO3. The molecule has 0 aromatic heterocycles. The number of benzene rings is 2. The molecule has 2 aromatic rings. The van der Waals surface area contributed by atoms with Crippen molar-refractivity contribution in [3.8, 4) is 5.75 Å². The van der Waals surface area contributed by atoms with Crippen molar-refractivity contribution in [3.63, 3.8) is 0 Å². The van der Waals surface area contributed by atoms with Crippen molar-refractivity contribution in [2.45, 2.75) is 0 Å². The zero-order valence-electron chi connectivity index (χ0n) is 12.7. The highest BCUT2D eigenvalue weighted by atomic mass is 35.5. The molecule has 0 atom stereocenters. The van der Waals surface area contributed by atoms with Gasteiger partial charge in [-0.05, 0) is 24.3 Å². The van der Waals surface area contributed by atoms with E-state index in [2.05, 4.69) is 11.6 Å². The Bertz CT molecular complexity index is 855. The summed E-state index contributed by atoms with van der Waals surface area (Å²) in [5, 5.41) is 0.472. The van der Waals surface area contributed by atoms with E-state index in [-0.39, 0.29) is 11.6 Å². The van der Waals surface area contributed by atoms with Crippen molar-refractivity contribution in [2.24, 2.45) is 4.99 Å². The Hall–Kier alpha value is -2.85. The molecule has 0 spiro atoms. The summed E-state index contributed by atoms with van der Waals surface area (Å²) in [6.45, 7) is 4.00. The highest BCUT2D eigenvalue weighted by Gasteiger charge is 2.25. The summed E-state index contributed by atoms with van der Waals surface area (Å²) in [6, 6.07) is 14.4. The molecule has 0 unspecified atom stereocenters. The molecule has 1 aliphatic rings. The smallest absolute Gasteiger partial charge is 0.363 e. The number of carbonyl (C=O) groups excluding carboxylic acids is 1. The van der Waals surface area contributed by atoms with E-state index in [9.17, 15) is 4.79 Å². The third kappa shape index (κ3) is 3.39. The Kier molecular flexibility index (Phi) is 4.77. The van der Waals surface area contributed by atoms with Crippen LogP contribution >= 0.6 is 11.6 Å². The lowest BCUT2D eigenvalue weighted by Gasteiger charge is -2.06. The number of esters is 1. The number of hydrogen-bond acceptors (Lipinski definition) is 4. The maximum absolute atomic E-state index is 12.1. The minimum atomic E-state index is -0.525. The van der Waals surface area contributed by atoms with E-state index in [1.807, 2.05) is 24.3 Å². The van der Waals surface area contributed by atoms with Crippen molar-refractivity contribution < 1.29 is 14.3 Å². The van der Waals surface area contributed by atoms with Gasteiger partial charge >= 0.3 is 5.97 Å². The van der Waals surface area contributed by atoms with Crippen LogP contribution in [0.25, 0.3) is 6.08 Å². The van der Waals surface area contributed by atoms with Gasteiger partial charge in [-0.1, -0.05) is 54.6 Å². The molecule has 3 rings (SSSR count). The van der Waals surface area contributed by atoms with Gasteiger partial charge in [0.15, 0.2) is 5.70 Å². The molecule has 5 heteroatoms. The zero-order chi connectivity index (χ0) is 16.9. The number of hydrogen-bond donors (Lipinski definition) is 0. The number of carbonyl (C=O) groups is 1. The van der Waals surface area contributed by atoms with Crippen LogP contribution in [0.1, 0.15) is 11.1 Å². The second-order valence-corrected chi connectivity index (χ2v) is 5.36. The number of rotatable bonds is 5. The molecule has 0 bridgehead atoms. The Morgan fingerprint density at radius 3 is 2.71 bits per heavy atom. The van der Waals surface area contributed by atoms with E-state index < -0.39 is 5.97 Å². The van der Waals surface area contributed by atoms with E-state index in [0.29, 0.717) is 22.9 Å². The lowest BCUT2D eigenvalue weighted by molar-refractivity contribution is -0.129. The normalized spacial score (nSPS) is 15.1. The quantitative estimate of drug-likeness (QED) is 0.465. The predicted molar refractivity (Wildman–Crippen MR) is 94.2 cm³/mol. The third-order valence-corrected chi connectivity index (χ3v) is 3.62. The topological polar surface area (TPSA) is 47.9 Å². The van der Waals surface area contributed by atoms with Crippen LogP contribution in [0.4, 0.5) is 0 Å². The third-order valence-electron chi connectivity index (χ3n) is 3.29. The van der Waals surface area contributed by atoms with Crippen LogP contribution in [0.15, 0.2) is 71.9 Å². The van der Waals surface area contributed by atoms with Gasteiger partial charge in [0.05, 0.1) is 10.6 Å². The molecule has 0 aliphatic carbocycles. The molecule has 1 heterocycles. The summed E-state index contributed by atoms with van der Waals surface area (Å²) >= 11 is 6.12. The average molecular weight is 340 g/mol. The summed E-state index contributed by atoms with van der Waals surface area (Å²) in [7, 11) is 0. The standard InChI is InChI=1S/C19H14ClNO3/c1-2-11-23-17-10-6-3-7-13(17)12-16-19(22)24-18(21-16)14-8-4-5-9-15(14)20/h2-10,12H,1,11H2/b16-12+. The molecule has 0 saturated carbocycles. The number of cyclic esters (lactones) is 1. The first-order valence-corrected chi connectivity index (χ1v) is 7.67. The number of halogens is 1. The van der Waals surface area contributed by atoms with E-state index in [4.69, 9.17) is 21.1 Å². The Labute approximate surface area is 144 Å². The van der Waals surface area contributed by atoms with Gasteiger partial charge in [-0.3, -0.25) is 0 Å². The Balaban J connectivity index is 1.95. The maximum Gasteiger partial charge on any atom is 0.363 e. The lowest BCUT2D eigenvalue weighted by atomic mass is 10.1. The van der Waals surface area contributed by atoms with Gasteiger partial charge in [-0.2, -0.15) is 0 Å². The Morgan fingerprint density at radius 2 is 1.92 bits per heavy atom. The zero-order valence-corrected chi connectivity index (χ0v) is 13.5. The highest BCUT2D eigenvalue weighted by Crippen LogP contribution is 2.26. The van der Waals surface area contributed by atoms with Crippen molar-refractivity contribution in [1.82, 2.24) is 0 Å². The van der Waals surface area contributed by atoms with Gasteiger partial charge in [0, 0.05) is 5.56 Å². The fourth-order valence-corrected chi connectivity index (χ4v) is 2.40. The van der Waals surface area contributed by atoms with Crippen molar-refractivity contribution >= 4 is 29.5 Å². The van der Waals surface area contributed by atoms with Crippen LogP contribution in [0, 0.1) is 0 Å². The summed E-state index contributed by atoms with van der Waals surface area (Å²) in [4.78, 5) is 16.4. The van der Waals surface area contributed by atoms with E-state index in [1.54, 1.807) is 36.4 Å². The first kappa shape index (κ1) is 16.0. The predicted octanol–water partition coefficient (Wildman–Crippen LogP) is 4.25. The molecule has 0 amide bonds. The van der Waals surface area contributed by atoms with Crippen LogP contribution in [-0.4, -0.2) is 18.5 Å². The molecule has 4 nitrogen and oxygen atoms in total. The molecular weight excluding hydrogens is 326 g/mol. The largest absolute Gasteiger partial charge is 0.489 e. The molecule has 0 fully saturated rings. The van der Waals surface area contributed by atoms with Crippen LogP contribution in [0.2, 0.25) is 5.02 Å². The minimum Gasteiger partial charge on any atom is -0.489 e. The number of ether oxygens (including phenoxy) is 2. The SMILES string of the molecule is C=CCOc1ccccc1/C=C1/N=C(c2ccccc2Cl)OC1=O. The monoisotopic (exact) mass is 339 g/mol.